The topological polar surface area (TPSA) is 71.1 Å². The van der Waals surface area contributed by atoms with Crippen molar-refractivity contribution in [1.29, 1.82) is 0 Å². The number of aromatic nitrogens is 1. The molecular formula is C21H18BrN3O2. The van der Waals surface area contributed by atoms with Gasteiger partial charge in [0, 0.05) is 34.7 Å². The first-order valence-corrected chi connectivity index (χ1v) is 9.25. The highest BCUT2D eigenvalue weighted by Crippen LogP contribution is 2.17. The Labute approximate surface area is 166 Å². The second-order valence-electron chi connectivity index (χ2n) is 5.95. The van der Waals surface area contributed by atoms with Crippen LogP contribution >= 0.6 is 15.9 Å². The van der Waals surface area contributed by atoms with Gasteiger partial charge in [-0.2, -0.15) is 0 Å². The van der Waals surface area contributed by atoms with E-state index in [-0.39, 0.29) is 11.8 Å². The molecule has 0 saturated carbocycles. The number of amides is 2. The molecule has 6 heteroatoms. The van der Waals surface area contributed by atoms with Crippen LogP contribution in [0.25, 0.3) is 0 Å². The zero-order chi connectivity index (χ0) is 19.1. The lowest BCUT2D eigenvalue weighted by Crippen LogP contribution is -2.14. The Kier molecular flexibility index (Phi) is 6.33. The number of hydrogen-bond donors (Lipinski definition) is 2. The number of nitrogens with zero attached hydrogens (tertiary/aromatic N) is 1. The molecule has 0 aliphatic carbocycles. The van der Waals surface area contributed by atoms with E-state index in [9.17, 15) is 9.59 Å². The summed E-state index contributed by atoms with van der Waals surface area (Å²) in [6, 6.07) is 18.4. The van der Waals surface area contributed by atoms with Crippen LogP contribution in [0.15, 0.2) is 77.5 Å². The fourth-order valence-electron chi connectivity index (χ4n) is 2.55. The SMILES string of the molecule is O=C(CCc1cccc(Br)c1)Nc1cccc(NC(=O)c2cccnc2)c1. The number of benzene rings is 2. The van der Waals surface area contributed by atoms with Crippen molar-refractivity contribution >= 4 is 39.1 Å². The molecule has 1 heterocycles. The Hall–Kier alpha value is -2.99. The molecule has 1 aromatic heterocycles. The predicted octanol–water partition coefficient (Wildman–Crippen LogP) is 4.67. The molecule has 0 fully saturated rings. The number of nitrogens with one attached hydrogen (secondary N) is 2. The zero-order valence-corrected chi connectivity index (χ0v) is 16.1. The normalized spacial score (nSPS) is 10.3. The van der Waals surface area contributed by atoms with Crippen molar-refractivity contribution in [2.75, 3.05) is 10.6 Å². The lowest BCUT2D eigenvalue weighted by Gasteiger charge is -2.09. The second-order valence-corrected chi connectivity index (χ2v) is 6.87. The molecule has 3 aromatic rings. The van der Waals surface area contributed by atoms with Crippen molar-refractivity contribution in [3.63, 3.8) is 0 Å². The fourth-order valence-corrected chi connectivity index (χ4v) is 3.00. The number of rotatable bonds is 6. The summed E-state index contributed by atoms with van der Waals surface area (Å²) < 4.78 is 0.998. The van der Waals surface area contributed by atoms with Crippen LogP contribution in [-0.4, -0.2) is 16.8 Å². The summed E-state index contributed by atoms with van der Waals surface area (Å²) in [6.45, 7) is 0. The molecule has 0 bridgehead atoms. The Morgan fingerprint density at radius 3 is 2.44 bits per heavy atom. The van der Waals surface area contributed by atoms with Crippen molar-refractivity contribution in [2.45, 2.75) is 12.8 Å². The van der Waals surface area contributed by atoms with Crippen molar-refractivity contribution in [3.05, 3.63) is 88.7 Å². The smallest absolute Gasteiger partial charge is 0.257 e. The summed E-state index contributed by atoms with van der Waals surface area (Å²) in [5.41, 5.74) is 2.81. The van der Waals surface area contributed by atoms with Gasteiger partial charge in [-0.25, -0.2) is 0 Å². The third kappa shape index (κ3) is 5.76. The van der Waals surface area contributed by atoms with E-state index in [1.807, 2.05) is 24.3 Å². The average molecular weight is 424 g/mol. The molecule has 2 amide bonds. The molecule has 0 radical (unpaired) electrons. The van der Waals surface area contributed by atoms with Gasteiger partial charge in [-0.1, -0.05) is 34.1 Å². The van der Waals surface area contributed by atoms with Crippen LogP contribution in [-0.2, 0) is 11.2 Å². The van der Waals surface area contributed by atoms with Crippen LogP contribution in [0.2, 0.25) is 0 Å². The molecule has 2 N–H and O–H groups in total. The predicted molar refractivity (Wildman–Crippen MR) is 110 cm³/mol. The molecule has 136 valence electrons. The molecule has 0 spiro atoms. The van der Waals surface area contributed by atoms with Crippen molar-refractivity contribution in [3.8, 4) is 0 Å². The maximum Gasteiger partial charge on any atom is 0.257 e. The van der Waals surface area contributed by atoms with Gasteiger partial charge in [0.15, 0.2) is 0 Å². The summed E-state index contributed by atoms with van der Waals surface area (Å²) in [5, 5.41) is 5.67. The van der Waals surface area contributed by atoms with Gasteiger partial charge in [-0.15, -0.1) is 0 Å². The first-order valence-electron chi connectivity index (χ1n) is 8.46. The minimum atomic E-state index is -0.249. The molecule has 0 aliphatic rings. The monoisotopic (exact) mass is 423 g/mol. The molecular weight excluding hydrogens is 406 g/mol. The first kappa shape index (κ1) is 18.8. The minimum Gasteiger partial charge on any atom is -0.326 e. The van der Waals surface area contributed by atoms with E-state index < -0.39 is 0 Å². The van der Waals surface area contributed by atoms with E-state index in [1.54, 1.807) is 42.6 Å². The highest BCUT2D eigenvalue weighted by Gasteiger charge is 2.08. The molecule has 2 aromatic carbocycles. The highest BCUT2D eigenvalue weighted by molar-refractivity contribution is 9.10. The lowest BCUT2D eigenvalue weighted by atomic mass is 10.1. The number of carbonyl (C=O) groups is 2. The van der Waals surface area contributed by atoms with E-state index in [1.165, 1.54) is 6.20 Å². The standard InChI is InChI=1S/C21H18BrN3O2/c22-17-6-1-4-15(12-17)9-10-20(26)24-18-7-2-8-19(13-18)25-21(27)16-5-3-11-23-14-16/h1-8,11-14H,9-10H2,(H,24,26)(H,25,27). The maximum absolute atomic E-state index is 12.2. The Balaban J connectivity index is 1.57. The Morgan fingerprint density at radius 2 is 1.70 bits per heavy atom. The van der Waals surface area contributed by atoms with Crippen LogP contribution in [0, 0.1) is 0 Å². The molecule has 0 atom stereocenters. The van der Waals surface area contributed by atoms with E-state index in [0.717, 1.165) is 10.0 Å². The number of hydrogen-bond acceptors (Lipinski definition) is 3. The molecule has 27 heavy (non-hydrogen) atoms. The van der Waals surface area contributed by atoms with Gasteiger partial charge >= 0.3 is 0 Å². The molecule has 0 aliphatic heterocycles. The fraction of sp³-hybridized carbons (Fsp3) is 0.0952. The van der Waals surface area contributed by atoms with E-state index in [2.05, 4.69) is 31.5 Å². The van der Waals surface area contributed by atoms with Gasteiger partial charge in [-0.05, 0) is 54.4 Å². The minimum absolute atomic E-state index is 0.0780. The lowest BCUT2D eigenvalue weighted by molar-refractivity contribution is -0.116. The van der Waals surface area contributed by atoms with Gasteiger partial charge in [-0.3, -0.25) is 14.6 Å². The maximum atomic E-state index is 12.2. The van der Waals surface area contributed by atoms with Crippen LogP contribution in [0.5, 0.6) is 0 Å². The van der Waals surface area contributed by atoms with Gasteiger partial charge < -0.3 is 10.6 Å². The Bertz CT molecular complexity index is 945. The number of pyridine rings is 1. The summed E-state index contributed by atoms with van der Waals surface area (Å²) in [5.74, 6) is -0.327. The molecule has 5 nitrogen and oxygen atoms in total. The zero-order valence-electron chi connectivity index (χ0n) is 14.5. The van der Waals surface area contributed by atoms with Gasteiger partial charge in [0.2, 0.25) is 5.91 Å². The van der Waals surface area contributed by atoms with Gasteiger partial charge in [0.05, 0.1) is 5.56 Å². The van der Waals surface area contributed by atoms with E-state index in [4.69, 9.17) is 0 Å². The van der Waals surface area contributed by atoms with Crippen molar-refractivity contribution in [2.24, 2.45) is 0 Å². The van der Waals surface area contributed by atoms with E-state index in [0.29, 0.717) is 29.8 Å². The van der Waals surface area contributed by atoms with Crippen LogP contribution in [0.4, 0.5) is 11.4 Å². The van der Waals surface area contributed by atoms with Crippen LogP contribution in [0.3, 0.4) is 0 Å². The number of carbonyl (C=O) groups excluding carboxylic acids is 2. The first-order chi connectivity index (χ1) is 13.1. The number of aryl methyl sites for hydroxylation is 1. The summed E-state index contributed by atoms with van der Waals surface area (Å²) in [7, 11) is 0. The van der Waals surface area contributed by atoms with Gasteiger partial charge in [0.25, 0.3) is 5.91 Å². The molecule has 0 saturated heterocycles. The van der Waals surface area contributed by atoms with Gasteiger partial charge in [0.1, 0.15) is 0 Å². The third-order valence-electron chi connectivity index (χ3n) is 3.86. The van der Waals surface area contributed by atoms with Crippen molar-refractivity contribution < 1.29 is 9.59 Å². The van der Waals surface area contributed by atoms with Crippen LogP contribution in [0.1, 0.15) is 22.3 Å². The highest BCUT2D eigenvalue weighted by atomic mass is 79.9. The average Bonchev–Trinajstić information content (AvgIpc) is 2.67. The summed E-state index contributed by atoms with van der Waals surface area (Å²) in [6.07, 6.45) is 4.15. The Morgan fingerprint density at radius 1 is 0.926 bits per heavy atom. The largest absolute Gasteiger partial charge is 0.326 e. The second kappa shape index (κ2) is 9.09. The quantitative estimate of drug-likeness (QED) is 0.604. The molecule has 0 unspecified atom stereocenters. The number of anilines is 2. The van der Waals surface area contributed by atoms with Crippen LogP contribution < -0.4 is 10.6 Å². The number of halogens is 1. The van der Waals surface area contributed by atoms with E-state index >= 15 is 0 Å². The summed E-state index contributed by atoms with van der Waals surface area (Å²) >= 11 is 3.43. The summed E-state index contributed by atoms with van der Waals surface area (Å²) in [4.78, 5) is 28.3. The van der Waals surface area contributed by atoms with Crippen molar-refractivity contribution in [1.82, 2.24) is 4.98 Å². The third-order valence-corrected chi connectivity index (χ3v) is 4.35. The molecule has 3 rings (SSSR count).